The molecule has 2 N–H and O–H groups in total. The maximum Gasteiger partial charge on any atom is 0.307 e. The van der Waals surface area contributed by atoms with Gasteiger partial charge in [0, 0.05) is 19.1 Å². The van der Waals surface area contributed by atoms with Gasteiger partial charge in [0.2, 0.25) is 5.91 Å². The molecule has 0 bridgehead atoms. The summed E-state index contributed by atoms with van der Waals surface area (Å²) in [6.45, 7) is 4.65. The van der Waals surface area contributed by atoms with E-state index in [0.29, 0.717) is 19.0 Å². The van der Waals surface area contributed by atoms with E-state index in [1.807, 2.05) is 0 Å². The van der Waals surface area contributed by atoms with Crippen molar-refractivity contribution < 1.29 is 14.7 Å². The Hall–Kier alpha value is -1.10. The third-order valence-electron chi connectivity index (χ3n) is 3.61. The van der Waals surface area contributed by atoms with Crippen molar-refractivity contribution in [3.63, 3.8) is 0 Å². The van der Waals surface area contributed by atoms with Gasteiger partial charge < -0.3 is 10.4 Å². The van der Waals surface area contributed by atoms with Gasteiger partial charge in [0.05, 0.1) is 11.8 Å². The van der Waals surface area contributed by atoms with Crippen molar-refractivity contribution in [1.29, 1.82) is 0 Å². The SMILES string of the molecule is CCN(CCNC(=O)C1CC1C(=O)O)C1CC1. The Morgan fingerprint density at radius 1 is 1.35 bits per heavy atom. The highest BCUT2D eigenvalue weighted by atomic mass is 16.4. The standard InChI is InChI=1S/C12H20N2O3/c1-2-14(8-3-4-8)6-5-13-11(15)9-7-10(9)12(16)17/h8-10H,2-7H2,1H3,(H,13,15)(H,16,17). The number of carboxylic acid groups (broad SMARTS) is 1. The highest BCUT2D eigenvalue weighted by molar-refractivity contribution is 5.89. The molecule has 0 radical (unpaired) electrons. The van der Waals surface area contributed by atoms with Gasteiger partial charge in [0.15, 0.2) is 0 Å². The molecule has 1 amide bonds. The van der Waals surface area contributed by atoms with Crippen LogP contribution >= 0.6 is 0 Å². The van der Waals surface area contributed by atoms with Crippen molar-refractivity contribution in [1.82, 2.24) is 10.2 Å². The molecular weight excluding hydrogens is 220 g/mol. The molecule has 2 aliphatic rings. The second kappa shape index (κ2) is 5.04. The van der Waals surface area contributed by atoms with Crippen LogP contribution in [0.25, 0.3) is 0 Å². The minimum absolute atomic E-state index is 0.0933. The Morgan fingerprint density at radius 3 is 2.53 bits per heavy atom. The summed E-state index contributed by atoms with van der Waals surface area (Å²) in [6.07, 6.45) is 3.04. The van der Waals surface area contributed by atoms with Crippen LogP contribution in [-0.4, -0.2) is 47.6 Å². The monoisotopic (exact) mass is 240 g/mol. The zero-order valence-electron chi connectivity index (χ0n) is 10.2. The van der Waals surface area contributed by atoms with Gasteiger partial charge in [-0.1, -0.05) is 6.92 Å². The Morgan fingerprint density at radius 2 is 2.06 bits per heavy atom. The fourth-order valence-corrected chi connectivity index (χ4v) is 2.25. The molecule has 17 heavy (non-hydrogen) atoms. The lowest BCUT2D eigenvalue weighted by Gasteiger charge is -2.19. The lowest BCUT2D eigenvalue weighted by molar-refractivity contribution is -0.140. The smallest absolute Gasteiger partial charge is 0.307 e. The first-order valence-electron chi connectivity index (χ1n) is 6.38. The predicted octanol–water partition coefficient (Wildman–Crippen LogP) is 0.308. The molecule has 5 nitrogen and oxygen atoms in total. The first-order valence-corrected chi connectivity index (χ1v) is 6.38. The molecule has 0 aromatic carbocycles. The van der Waals surface area contributed by atoms with Crippen molar-refractivity contribution in [3.8, 4) is 0 Å². The zero-order valence-corrected chi connectivity index (χ0v) is 10.2. The largest absolute Gasteiger partial charge is 0.481 e. The fraction of sp³-hybridized carbons (Fsp3) is 0.833. The molecule has 0 aromatic heterocycles. The van der Waals surface area contributed by atoms with Gasteiger partial charge in [-0.15, -0.1) is 0 Å². The van der Waals surface area contributed by atoms with Crippen molar-refractivity contribution in [2.24, 2.45) is 11.8 Å². The number of hydrogen-bond acceptors (Lipinski definition) is 3. The Kier molecular flexibility index (Phi) is 3.66. The highest BCUT2D eigenvalue weighted by Crippen LogP contribution is 2.38. The van der Waals surface area contributed by atoms with Crippen molar-refractivity contribution in [3.05, 3.63) is 0 Å². The van der Waals surface area contributed by atoms with Gasteiger partial charge >= 0.3 is 5.97 Å². The van der Waals surface area contributed by atoms with Crippen molar-refractivity contribution >= 4 is 11.9 Å². The van der Waals surface area contributed by atoms with Crippen LogP contribution in [-0.2, 0) is 9.59 Å². The quantitative estimate of drug-likeness (QED) is 0.672. The molecule has 2 unspecified atom stereocenters. The minimum Gasteiger partial charge on any atom is -0.481 e. The molecule has 96 valence electrons. The molecule has 0 saturated heterocycles. The van der Waals surface area contributed by atoms with E-state index in [1.54, 1.807) is 0 Å². The van der Waals surface area contributed by atoms with E-state index in [-0.39, 0.29) is 11.8 Å². The Balaban J connectivity index is 1.62. The first-order chi connectivity index (χ1) is 8.13. The number of aliphatic carboxylic acids is 1. The molecule has 0 aliphatic heterocycles. The summed E-state index contributed by atoms with van der Waals surface area (Å²) in [5.74, 6) is -1.67. The van der Waals surface area contributed by atoms with Crippen LogP contribution in [0.2, 0.25) is 0 Å². The average Bonchev–Trinajstić information content (AvgIpc) is 3.17. The molecule has 2 atom stereocenters. The van der Waals surface area contributed by atoms with Gasteiger partial charge in [-0.3, -0.25) is 14.5 Å². The molecular formula is C12H20N2O3. The van der Waals surface area contributed by atoms with Crippen LogP contribution in [0.15, 0.2) is 0 Å². The highest BCUT2D eigenvalue weighted by Gasteiger charge is 2.48. The first kappa shape index (κ1) is 12.4. The van der Waals surface area contributed by atoms with Crippen LogP contribution in [0.1, 0.15) is 26.2 Å². The number of rotatable bonds is 7. The van der Waals surface area contributed by atoms with Gasteiger partial charge in [0.25, 0.3) is 0 Å². The minimum atomic E-state index is -0.849. The molecule has 0 spiro atoms. The van der Waals surface area contributed by atoms with E-state index in [2.05, 4.69) is 17.1 Å². The maximum absolute atomic E-state index is 11.6. The number of hydrogen-bond donors (Lipinski definition) is 2. The van der Waals surface area contributed by atoms with Crippen LogP contribution in [0.5, 0.6) is 0 Å². The zero-order chi connectivity index (χ0) is 12.4. The lowest BCUT2D eigenvalue weighted by atomic mass is 10.3. The van der Waals surface area contributed by atoms with Gasteiger partial charge in [0.1, 0.15) is 0 Å². The van der Waals surface area contributed by atoms with E-state index in [1.165, 1.54) is 12.8 Å². The second-order valence-corrected chi connectivity index (χ2v) is 4.94. The third kappa shape index (κ3) is 3.19. The van der Waals surface area contributed by atoms with Crippen LogP contribution < -0.4 is 5.32 Å². The number of likely N-dealkylation sites (N-methyl/N-ethyl adjacent to an activating group) is 1. The predicted molar refractivity (Wildman–Crippen MR) is 62.5 cm³/mol. The number of carbonyl (C=O) groups excluding carboxylic acids is 1. The lowest BCUT2D eigenvalue weighted by Crippen LogP contribution is -2.37. The van der Waals surface area contributed by atoms with E-state index in [4.69, 9.17) is 5.11 Å². The molecule has 0 heterocycles. The number of amides is 1. The number of nitrogens with zero attached hydrogens (tertiary/aromatic N) is 1. The number of carbonyl (C=O) groups is 2. The normalized spacial score (nSPS) is 26.9. The molecule has 2 saturated carbocycles. The average molecular weight is 240 g/mol. The Bertz CT molecular complexity index is 315. The fourth-order valence-electron chi connectivity index (χ4n) is 2.25. The van der Waals surface area contributed by atoms with E-state index in [9.17, 15) is 9.59 Å². The molecule has 0 aromatic rings. The van der Waals surface area contributed by atoms with Gasteiger partial charge in [-0.25, -0.2) is 0 Å². The second-order valence-electron chi connectivity index (χ2n) is 4.94. The van der Waals surface area contributed by atoms with Crippen LogP contribution in [0.4, 0.5) is 0 Å². The number of carboxylic acids is 1. The van der Waals surface area contributed by atoms with Crippen molar-refractivity contribution in [2.75, 3.05) is 19.6 Å². The number of nitrogens with one attached hydrogen (secondary N) is 1. The summed E-state index contributed by atoms with van der Waals surface area (Å²) in [5.41, 5.74) is 0. The van der Waals surface area contributed by atoms with Gasteiger partial charge in [-0.2, -0.15) is 0 Å². The van der Waals surface area contributed by atoms with Gasteiger partial charge in [-0.05, 0) is 25.8 Å². The molecule has 2 aliphatic carbocycles. The maximum atomic E-state index is 11.6. The summed E-state index contributed by atoms with van der Waals surface area (Å²) >= 11 is 0. The van der Waals surface area contributed by atoms with Crippen molar-refractivity contribution in [2.45, 2.75) is 32.2 Å². The summed E-state index contributed by atoms with van der Waals surface area (Å²) in [4.78, 5) is 24.6. The topological polar surface area (TPSA) is 69.6 Å². The molecule has 2 fully saturated rings. The third-order valence-corrected chi connectivity index (χ3v) is 3.61. The van der Waals surface area contributed by atoms with Crippen LogP contribution in [0.3, 0.4) is 0 Å². The van der Waals surface area contributed by atoms with E-state index < -0.39 is 11.9 Å². The van der Waals surface area contributed by atoms with Crippen LogP contribution in [0, 0.1) is 11.8 Å². The summed E-state index contributed by atoms with van der Waals surface area (Å²) in [6, 6.07) is 0.713. The summed E-state index contributed by atoms with van der Waals surface area (Å²) < 4.78 is 0. The molecule has 5 heteroatoms. The van der Waals surface area contributed by atoms with E-state index in [0.717, 1.165) is 13.1 Å². The van der Waals surface area contributed by atoms with E-state index >= 15 is 0 Å². The summed E-state index contributed by atoms with van der Waals surface area (Å²) in [5, 5.41) is 11.6. The summed E-state index contributed by atoms with van der Waals surface area (Å²) in [7, 11) is 0. The molecule has 2 rings (SSSR count). The Labute approximate surface area is 101 Å².